The van der Waals surface area contributed by atoms with Crippen molar-refractivity contribution in [1.29, 1.82) is 0 Å². The lowest BCUT2D eigenvalue weighted by molar-refractivity contribution is 0.302. The number of halogens is 3. The zero-order valence-electron chi connectivity index (χ0n) is 13.1. The van der Waals surface area contributed by atoms with Crippen LogP contribution in [0, 0.1) is 11.6 Å². The first-order valence-corrected chi connectivity index (χ1v) is 8.33. The minimum absolute atomic E-state index is 0.143. The van der Waals surface area contributed by atoms with Gasteiger partial charge in [-0.15, -0.1) is 0 Å². The molecule has 0 spiro atoms. The number of hydrogen-bond acceptors (Lipinski definition) is 2. The minimum Gasteiger partial charge on any atom is -0.487 e. The van der Waals surface area contributed by atoms with E-state index in [0.717, 1.165) is 0 Å². The van der Waals surface area contributed by atoms with Crippen molar-refractivity contribution in [3.8, 4) is 5.75 Å². The molecule has 0 aliphatic heterocycles. The predicted octanol–water partition coefficient (Wildman–Crippen LogP) is 4.52. The van der Waals surface area contributed by atoms with E-state index in [4.69, 9.17) is 4.74 Å². The molecule has 0 saturated carbocycles. The summed E-state index contributed by atoms with van der Waals surface area (Å²) in [6, 6.07) is 13.8. The Bertz CT molecular complexity index is 956. The topological polar surface area (TPSA) is 31.2 Å². The molecule has 25 heavy (non-hydrogen) atoms. The van der Waals surface area contributed by atoms with Gasteiger partial charge in [-0.05, 0) is 57.4 Å². The van der Waals surface area contributed by atoms with Crippen molar-refractivity contribution < 1.29 is 13.5 Å². The molecule has 1 aromatic heterocycles. The molecular weight excluding hydrogens is 392 g/mol. The molecular formula is C19H14BrF2NO2. The number of nitrogens with zero attached hydrogens (tertiary/aromatic N) is 1. The zero-order valence-corrected chi connectivity index (χ0v) is 14.7. The van der Waals surface area contributed by atoms with Gasteiger partial charge < -0.3 is 9.30 Å². The van der Waals surface area contributed by atoms with Crippen LogP contribution in [0.2, 0.25) is 0 Å². The van der Waals surface area contributed by atoms with Crippen LogP contribution < -0.4 is 10.3 Å². The lowest BCUT2D eigenvalue weighted by Gasteiger charge is -2.11. The number of pyridine rings is 1. The monoisotopic (exact) mass is 405 g/mol. The van der Waals surface area contributed by atoms with E-state index in [9.17, 15) is 13.6 Å². The van der Waals surface area contributed by atoms with E-state index >= 15 is 0 Å². The van der Waals surface area contributed by atoms with Crippen LogP contribution in [0.3, 0.4) is 0 Å². The first-order valence-electron chi connectivity index (χ1n) is 7.53. The van der Waals surface area contributed by atoms with Crippen LogP contribution in [-0.4, -0.2) is 4.57 Å². The van der Waals surface area contributed by atoms with Crippen molar-refractivity contribution in [1.82, 2.24) is 4.57 Å². The summed E-state index contributed by atoms with van der Waals surface area (Å²) in [6.45, 7) is 0.392. The van der Waals surface area contributed by atoms with Gasteiger partial charge in [-0.3, -0.25) is 4.79 Å². The number of ether oxygens (including phenoxy) is 1. The van der Waals surface area contributed by atoms with Gasteiger partial charge in [-0.2, -0.15) is 0 Å². The Labute approximate surface area is 151 Å². The summed E-state index contributed by atoms with van der Waals surface area (Å²) in [5, 5.41) is 0. The lowest BCUT2D eigenvalue weighted by Crippen LogP contribution is -2.21. The van der Waals surface area contributed by atoms with Gasteiger partial charge in [-0.25, -0.2) is 8.78 Å². The summed E-state index contributed by atoms with van der Waals surface area (Å²) >= 11 is 3.24. The highest BCUT2D eigenvalue weighted by molar-refractivity contribution is 9.10. The zero-order chi connectivity index (χ0) is 17.8. The fourth-order valence-electron chi connectivity index (χ4n) is 2.39. The molecule has 0 radical (unpaired) electrons. The SMILES string of the molecule is O=c1c(Br)c(OCc2cccc(F)c2)ccn1Cc1cccc(F)c1. The van der Waals surface area contributed by atoms with Crippen molar-refractivity contribution >= 4 is 15.9 Å². The van der Waals surface area contributed by atoms with E-state index in [-0.39, 0.29) is 34.8 Å². The Morgan fingerprint density at radius 3 is 2.28 bits per heavy atom. The normalized spacial score (nSPS) is 10.7. The molecule has 0 aliphatic rings. The molecule has 1 heterocycles. The summed E-state index contributed by atoms with van der Waals surface area (Å²) in [7, 11) is 0. The maximum absolute atomic E-state index is 13.3. The van der Waals surface area contributed by atoms with E-state index in [2.05, 4.69) is 15.9 Å². The van der Waals surface area contributed by atoms with Crippen molar-refractivity contribution in [2.24, 2.45) is 0 Å². The predicted molar refractivity (Wildman–Crippen MR) is 94.6 cm³/mol. The average Bonchev–Trinajstić information content (AvgIpc) is 2.58. The molecule has 0 fully saturated rings. The molecule has 3 aromatic rings. The van der Waals surface area contributed by atoms with Crippen LogP contribution in [0.15, 0.2) is 70.1 Å². The van der Waals surface area contributed by atoms with Crippen LogP contribution in [0.4, 0.5) is 8.78 Å². The molecule has 128 valence electrons. The quantitative estimate of drug-likeness (QED) is 0.624. The maximum atomic E-state index is 13.3. The fourth-order valence-corrected chi connectivity index (χ4v) is 2.86. The average molecular weight is 406 g/mol. The van der Waals surface area contributed by atoms with Gasteiger partial charge in [0.15, 0.2) is 0 Å². The number of rotatable bonds is 5. The van der Waals surface area contributed by atoms with Gasteiger partial charge in [0.05, 0.1) is 6.54 Å². The highest BCUT2D eigenvalue weighted by atomic mass is 79.9. The molecule has 0 amide bonds. The standard InChI is InChI=1S/C19H14BrF2NO2/c20-18-17(25-12-14-4-2-6-16(22)10-14)7-8-23(19(18)24)11-13-3-1-5-15(21)9-13/h1-10H,11-12H2. The molecule has 3 nitrogen and oxygen atoms in total. The molecule has 0 bridgehead atoms. The fraction of sp³-hybridized carbons (Fsp3) is 0.105. The Balaban J connectivity index is 1.77. The van der Waals surface area contributed by atoms with Gasteiger partial charge in [0.25, 0.3) is 5.56 Å². The van der Waals surface area contributed by atoms with Crippen LogP contribution in [-0.2, 0) is 13.2 Å². The highest BCUT2D eigenvalue weighted by Crippen LogP contribution is 2.22. The molecule has 0 N–H and O–H groups in total. The molecule has 0 saturated heterocycles. The summed E-state index contributed by atoms with van der Waals surface area (Å²) in [5.41, 5.74) is 1.05. The summed E-state index contributed by atoms with van der Waals surface area (Å²) in [4.78, 5) is 12.4. The van der Waals surface area contributed by atoms with Crippen molar-refractivity contribution in [2.75, 3.05) is 0 Å². The van der Waals surface area contributed by atoms with E-state index < -0.39 is 0 Å². The largest absolute Gasteiger partial charge is 0.487 e. The summed E-state index contributed by atoms with van der Waals surface area (Å²) in [5.74, 6) is -0.324. The second-order valence-corrected chi connectivity index (χ2v) is 6.27. The van der Waals surface area contributed by atoms with Gasteiger partial charge in [-0.1, -0.05) is 24.3 Å². The second kappa shape index (κ2) is 7.61. The smallest absolute Gasteiger partial charge is 0.268 e. The Kier molecular flexibility index (Phi) is 5.28. The molecule has 0 aliphatic carbocycles. The Morgan fingerprint density at radius 2 is 1.60 bits per heavy atom. The number of hydrogen-bond donors (Lipinski definition) is 0. The first kappa shape index (κ1) is 17.4. The number of aromatic nitrogens is 1. The third kappa shape index (κ3) is 4.33. The first-order chi connectivity index (χ1) is 12.0. The van der Waals surface area contributed by atoms with E-state index in [1.807, 2.05) is 0 Å². The van der Waals surface area contributed by atoms with Crippen LogP contribution in [0.1, 0.15) is 11.1 Å². The van der Waals surface area contributed by atoms with Crippen LogP contribution >= 0.6 is 15.9 Å². The van der Waals surface area contributed by atoms with Crippen LogP contribution in [0.5, 0.6) is 5.75 Å². The maximum Gasteiger partial charge on any atom is 0.268 e. The van der Waals surface area contributed by atoms with Gasteiger partial charge in [0, 0.05) is 6.20 Å². The minimum atomic E-state index is -0.348. The van der Waals surface area contributed by atoms with E-state index in [1.165, 1.54) is 28.8 Å². The van der Waals surface area contributed by atoms with Crippen molar-refractivity contribution in [3.63, 3.8) is 0 Å². The number of benzene rings is 2. The van der Waals surface area contributed by atoms with Crippen LogP contribution in [0.25, 0.3) is 0 Å². The van der Waals surface area contributed by atoms with E-state index in [0.29, 0.717) is 16.9 Å². The third-order valence-electron chi connectivity index (χ3n) is 3.60. The van der Waals surface area contributed by atoms with Gasteiger partial charge in [0.1, 0.15) is 28.5 Å². The van der Waals surface area contributed by atoms with Gasteiger partial charge >= 0.3 is 0 Å². The third-order valence-corrected chi connectivity index (χ3v) is 4.33. The summed E-state index contributed by atoms with van der Waals surface area (Å²) < 4.78 is 33.8. The molecule has 3 rings (SSSR count). The molecule has 0 atom stereocenters. The molecule has 2 aromatic carbocycles. The van der Waals surface area contributed by atoms with E-state index in [1.54, 1.807) is 36.5 Å². The van der Waals surface area contributed by atoms with Crippen molar-refractivity contribution in [2.45, 2.75) is 13.2 Å². The molecule has 0 unspecified atom stereocenters. The van der Waals surface area contributed by atoms with Crippen molar-refractivity contribution in [3.05, 3.63) is 98.4 Å². The lowest BCUT2D eigenvalue weighted by atomic mass is 10.2. The highest BCUT2D eigenvalue weighted by Gasteiger charge is 2.10. The Morgan fingerprint density at radius 1 is 0.960 bits per heavy atom. The Hall–Kier alpha value is -2.47. The second-order valence-electron chi connectivity index (χ2n) is 5.48. The summed E-state index contributed by atoms with van der Waals surface area (Å²) in [6.07, 6.45) is 1.58. The molecule has 6 heteroatoms. The van der Waals surface area contributed by atoms with Gasteiger partial charge in [0.2, 0.25) is 0 Å².